The van der Waals surface area contributed by atoms with Crippen molar-refractivity contribution in [3.05, 3.63) is 63.4 Å². The third-order valence-electron chi connectivity index (χ3n) is 4.58. The summed E-state index contributed by atoms with van der Waals surface area (Å²) in [6.07, 6.45) is 0. The minimum absolute atomic E-state index is 0.137. The number of fused-ring (bicyclic) bond motifs is 1. The van der Waals surface area contributed by atoms with Gasteiger partial charge in [0.2, 0.25) is 5.89 Å². The van der Waals surface area contributed by atoms with Gasteiger partial charge in [-0.05, 0) is 50.2 Å². The van der Waals surface area contributed by atoms with E-state index in [0.717, 1.165) is 34.2 Å². The zero-order valence-corrected chi connectivity index (χ0v) is 17.1. The Morgan fingerprint density at radius 1 is 0.964 bits per heavy atom. The number of hydrogen-bond acceptors (Lipinski definition) is 6. The fourth-order valence-electron chi connectivity index (χ4n) is 3.10. The largest absolute Gasteiger partial charge is 0.422 e. The van der Waals surface area contributed by atoms with Crippen LogP contribution < -0.4 is 10.5 Å². The summed E-state index contributed by atoms with van der Waals surface area (Å²) in [5.41, 5.74) is 2.06. The molecule has 0 spiro atoms. The first-order valence-electron chi connectivity index (χ1n) is 9.01. The lowest BCUT2D eigenvalue weighted by Crippen LogP contribution is -2.21. The lowest BCUT2D eigenvalue weighted by molar-refractivity contribution is 0.547. The van der Waals surface area contributed by atoms with E-state index >= 15 is 0 Å². The van der Waals surface area contributed by atoms with Crippen LogP contribution in [0.2, 0.25) is 0 Å². The van der Waals surface area contributed by atoms with Crippen LogP contribution in [0.25, 0.3) is 33.9 Å². The topological polar surface area (TPSA) is 72.4 Å². The first-order chi connectivity index (χ1) is 13.6. The Hall–Kier alpha value is -2.93. The molecule has 0 N–H and O–H groups in total. The van der Waals surface area contributed by atoms with Crippen LogP contribution in [0, 0.1) is 0 Å². The molecule has 28 heavy (non-hydrogen) atoms. The first-order valence-corrected chi connectivity index (χ1v) is 9.81. The summed E-state index contributed by atoms with van der Waals surface area (Å²) in [4.78, 5) is 14.7. The zero-order valence-electron chi connectivity index (χ0n) is 15.5. The molecule has 0 saturated carbocycles. The van der Waals surface area contributed by atoms with E-state index in [0.29, 0.717) is 11.5 Å². The quantitative estimate of drug-likeness (QED) is 0.401. The Morgan fingerprint density at radius 3 is 2.50 bits per heavy atom. The minimum atomic E-state index is -0.506. The SMILES string of the molecule is CCN(CC)c1ccc2cc(-c3nnc(-c4cccc(Br)c4)o3)c(=O)oc2c1. The van der Waals surface area contributed by atoms with Crippen LogP contribution in [-0.4, -0.2) is 23.3 Å². The third-order valence-corrected chi connectivity index (χ3v) is 5.07. The fourth-order valence-corrected chi connectivity index (χ4v) is 3.50. The number of anilines is 1. The molecular weight excluding hydrogens is 422 g/mol. The second-order valence-electron chi connectivity index (χ2n) is 6.26. The fraction of sp³-hybridized carbons (Fsp3) is 0.190. The zero-order chi connectivity index (χ0) is 19.7. The van der Waals surface area contributed by atoms with Gasteiger partial charge in [0.1, 0.15) is 11.1 Å². The maximum absolute atomic E-state index is 12.5. The minimum Gasteiger partial charge on any atom is -0.422 e. The van der Waals surface area contributed by atoms with Crippen LogP contribution >= 0.6 is 15.9 Å². The predicted octanol–water partition coefficient (Wildman–Crippen LogP) is 5.12. The van der Waals surface area contributed by atoms with Crippen LogP contribution in [0.5, 0.6) is 0 Å². The third kappa shape index (κ3) is 3.45. The average Bonchev–Trinajstić information content (AvgIpc) is 3.18. The van der Waals surface area contributed by atoms with E-state index in [9.17, 15) is 4.79 Å². The van der Waals surface area contributed by atoms with Crippen LogP contribution in [0.4, 0.5) is 5.69 Å². The van der Waals surface area contributed by atoms with Crippen LogP contribution in [0.3, 0.4) is 0 Å². The Kier molecular flexibility index (Phi) is 5.00. The molecule has 0 saturated heterocycles. The molecule has 4 rings (SSSR count). The molecule has 0 atom stereocenters. The molecule has 0 unspecified atom stereocenters. The summed E-state index contributed by atoms with van der Waals surface area (Å²) >= 11 is 3.42. The van der Waals surface area contributed by atoms with Gasteiger partial charge in [0.15, 0.2) is 0 Å². The molecule has 6 nitrogen and oxygen atoms in total. The van der Waals surface area contributed by atoms with E-state index in [4.69, 9.17) is 8.83 Å². The van der Waals surface area contributed by atoms with Gasteiger partial charge in [0, 0.05) is 40.3 Å². The van der Waals surface area contributed by atoms with Gasteiger partial charge in [-0.2, -0.15) is 0 Å². The predicted molar refractivity (Wildman–Crippen MR) is 112 cm³/mol. The van der Waals surface area contributed by atoms with Gasteiger partial charge in [0.05, 0.1) is 0 Å². The number of rotatable bonds is 5. The highest BCUT2D eigenvalue weighted by molar-refractivity contribution is 9.10. The van der Waals surface area contributed by atoms with E-state index in [1.807, 2.05) is 42.5 Å². The van der Waals surface area contributed by atoms with Gasteiger partial charge < -0.3 is 13.7 Å². The number of nitrogens with zero attached hydrogens (tertiary/aromatic N) is 3. The molecule has 0 aliphatic heterocycles. The molecular formula is C21H18BrN3O3. The van der Waals surface area contributed by atoms with Gasteiger partial charge in [-0.1, -0.05) is 22.0 Å². The van der Waals surface area contributed by atoms with E-state index in [1.54, 1.807) is 6.07 Å². The summed E-state index contributed by atoms with van der Waals surface area (Å²) < 4.78 is 12.2. The molecule has 2 aromatic carbocycles. The highest BCUT2D eigenvalue weighted by Gasteiger charge is 2.16. The summed E-state index contributed by atoms with van der Waals surface area (Å²) in [7, 11) is 0. The Bertz CT molecular complexity index is 1190. The maximum Gasteiger partial charge on any atom is 0.349 e. The molecule has 4 aromatic rings. The molecule has 7 heteroatoms. The van der Waals surface area contributed by atoms with Crippen LogP contribution in [-0.2, 0) is 0 Å². The second kappa shape index (κ2) is 7.59. The molecule has 0 fully saturated rings. The van der Waals surface area contributed by atoms with E-state index in [1.165, 1.54) is 0 Å². The van der Waals surface area contributed by atoms with Crippen LogP contribution in [0.15, 0.2) is 66.6 Å². The van der Waals surface area contributed by atoms with Crippen LogP contribution in [0.1, 0.15) is 13.8 Å². The van der Waals surface area contributed by atoms with Crippen molar-refractivity contribution in [1.82, 2.24) is 10.2 Å². The number of halogens is 1. The van der Waals surface area contributed by atoms with Gasteiger partial charge in [-0.15, -0.1) is 10.2 Å². The Balaban J connectivity index is 1.74. The monoisotopic (exact) mass is 439 g/mol. The highest BCUT2D eigenvalue weighted by Crippen LogP contribution is 2.27. The molecule has 0 aliphatic rings. The lowest BCUT2D eigenvalue weighted by Gasteiger charge is -2.20. The van der Waals surface area contributed by atoms with Crippen molar-refractivity contribution in [3.63, 3.8) is 0 Å². The standard InChI is InChI=1S/C21H18BrN3O3/c1-3-25(4-2)16-9-8-13-11-17(21(26)27-18(13)12-16)20-24-23-19(28-20)14-6-5-7-15(22)10-14/h5-12H,3-4H2,1-2H3. The van der Waals surface area contributed by atoms with E-state index < -0.39 is 5.63 Å². The summed E-state index contributed by atoms with van der Waals surface area (Å²) in [5, 5.41) is 8.89. The second-order valence-corrected chi connectivity index (χ2v) is 7.18. The van der Waals surface area contributed by atoms with Gasteiger partial charge in [-0.25, -0.2) is 4.79 Å². The highest BCUT2D eigenvalue weighted by atomic mass is 79.9. The lowest BCUT2D eigenvalue weighted by atomic mass is 10.1. The number of aromatic nitrogens is 2. The average molecular weight is 440 g/mol. The van der Waals surface area contributed by atoms with Crippen molar-refractivity contribution in [3.8, 4) is 22.9 Å². The molecule has 0 radical (unpaired) electrons. The van der Waals surface area contributed by atoms with Crippen molar-refractivity contribution in [2.45, 2.75) is 13.8 Å². The maximum atomic E-state index is 12.5. The van der Waals surface area contributed by atoms with Crippen molar-refractivity contribution in [1.29, 1.82) is 0 Å². The van der Waals surface area contributed by atoms with Gasteiger partial charge in [0.25, 0.3) is 5.89 Å². The molecule has 0 bridgehead atoms. The molecule has 2 aromatic heterocycles. The summed E-state index contributed by atoms with van der Waals surface area (Å²) in [6, 6.07) is 15.1. The molecule has 142 valence electrons. The first kappa shape index (κ1) is 18.4. The Morgan fingerprint density at radius 2 is 1.75 bits per heavy atom. The molecule has 0 aliphatic carbocycles. The van der Waals surface area contributed by atoms with E-state index in [-0.39, 0.29) is 11.5 Å². The van der Waals surface area contributed by atoms with Crippen molar-refractivity contribution < 1.29 is 8.83 Å². The summed E-state index contributed by atoms with van der Waals surface area (Å²) in [5.74, 6) is 0.478. The normalized spacial score (nSPS) is 11.1. The van der Waals surface area contributed by atoms with E-state index in [2.05, 4.69) is 44.9 Å². The van der Waals surface area contributed by atoms with Gasteiger partial charge in [-0.3, -0.25) is 0 Å². The number of benzene rings is 2. The summed E-state index contributed by atoms with van der Waals surface area (Å²) in [6.45, 7) is 5.94. The van der Waals surface area contributed by atoms with Crippen molar-refractivity contribution in [2.24, 2.45) is 0 Å². The smallest absolute Gasteiger partial charge is 0.349 e. The Labute approximate surface area is 169 Å². The van der Waals surface area contributed by atoms with Gasteiger partial charge >= 0.3 is 5.63 Å². The molecule has 0 amide bonds. The molecule has 2 heterocycles. The van der Waals surface area contributed by atoms with Crippen molar-refractivity contribution in [2.75, 3.05) is 18.0 Å². The van der Waals surface area contributed by atoms with Crippen molar-refractivity contribution >= 4 is 32.6 Å². The number of hydrogen-bond donors (Lipinski definition) is 0.